The summed E-state index contributed by atoms with van der Waals surface area (Å²) in [5, 5.41) is 3.40. The van der Waals surface area contributed by atoms with Crippen LogP contribution in [0.2, 0.25) is 0 Å². The molecule has 1 atom stereocenters. The van der Waals surface area contributed by atoms with E-state index < -0.39 is 0 Å². The van der Waals surface area contributed by atoms with Gasteiger partial charge in [-0.05, 0) is 43.0 Å². The van der Waals surface area contributed by atoms with Gasteiger partial charge in [-0.2, -0.15) is 0 Å². The van der Waals surface area contributed by atoms with E-state index in [-0.39, 0.29) is 0 Å². The Kier molecular flexibility index (Phi) is 7.49. The number of ether oxygens (including phenoxy) is 1. The summed E-state index contributed by atoms with van der Waals surface area (Å²) < 4.78 is 6.17. The molecule has 0 aromatic heterocycles. The van der Waals surface area contributed by atoms with Crippen molar-refractivity contribution < 1.29 is 4.74 Å². The second kappa shape index (κ2) is 8.67. The molecule has 17 heavy (non-hydrogen) atoms. The largest absolute Gasteiger partial charge is 0.383 e. The van der Waals surface area contributed by atoms with Crippen molar-refractivity contribution in [2.24, 2.45) is 5.92 Å². The molecule has 2 nitrogen and oxygen atoms in total. The Morgan fingerprint density at radius 2 is 2.24 bits per heavy atom. The lowest BCUT2D eigenvalue weighted by molar-refractivity contribution is 0.198. The molecule has 1 aromatic rings. The quantitative estimate of drug-likeness (QED) is 0.744. The lowest BCUT2D eigenvalue weighted by atomic mass is 10.0. The third-order valence-corrected chi connectivity index (χ3v) is 3.28. The van der Waals surface area contributed by atoms with Crippen molar-refractivity contribution >= 4 is 15.9 Å². The molecule has 0 radical (unpaired) electrons. The molecule has 0 amide bonds. The molecule has 96 valence electrons. The Morgan fingerprint density at radius 1 is 1.41 bits per heavy atom. The number of nitrogens with one attached hydrogen (secondary N) is 1. The van der Waals surface area contributed by atoms with Crippen LogP contribution in [0.3, 0.4) is 0 Å². The van der Waals surface area contributed by atoms with Gasteiger partial charge in [-0.15, -0.1) is 0 Å². The molecule has 1 rings (SSSR count). The van der Waals surface area contributed by atoms with Crippen LogP contribution in [0.4, 0.5) is 0 Å². The highest BCUT2D eigenvalue weighted by molar-refractivity contribution is 9.10. The van der Waals surface area contributed by atoms with Gasteiger partial charge in [-0.25, -0.2) is 0 Å². The fourth-order valence-electron chi connectivity index (χ4n) is 1.73. The summed E-state index contributed by atoms with van der Waals surface area (Å²) in [6.07, 6.45) is 2.36. The third-order valence-electron chi connectivity index (χ3n) is 2.79. The topological polar surface area (TPSA) is 21.3 Å². The van der Waals surface area contributed by atoms with Crippen molar-refractivity contribution in [1.82, 2.24) is 5.32 Å². The minimum absolute atomic E-state index is 0.700. The lowest BCUT2D eigenvalue weighted by Crippen LogP contribution is -2.25. The Hall–Kier alpha value is -0.380. The summed E-state index contributed by atoms with van der Waals surface area (Å²) in [6, 6.07) is 8.56. The van der Waals surface area contributed by atoms with Gasteiger partial charge in [0.15, 0.2) is 0 Å². The number of benzene rings is 1. The minimum Gasteiger partial charge on any atom is -0.383 e. The Morgan fingerprint density at radius 3 is 2.94 bits per heavy atom. The summed E-state index contributed by atoms with van der Waals surface area (Å²) in [7, 11) is 1.73. The standard InChI is InChI=1S/C14H22BrNO/c1-12(11-16-8-9-17-2)6-7-13-4-3-5-14(15)10-13/h3-5,10,12,16H,6-9,11H2,1-2H3. The normalized spacial score (nSPS) is 12.6. The van der Waals surface area contributed by atoms with E-state index in [0.29, 0.717) is 5.92 Å². The number of methoxy groups -OCH3 is 1. The molecule has 1 aromatic carbocycles. The van der Waals surface area contributed by atoms with Crippen LogP contribution >= 0.6 is 15.9 Å². The van der Waals surface area contributed by atoms with Gasteiger partial charge in [-0.1, -0.05) is 35.0 Å². The van der Waals surface area contributed by atoms with Crippen molar-refractivity contribution in [2.75, 3.05) is 26.8 Å². The van der Waals surface area contributed by atoms with Crippen molar-refractivity contribution in [1.29, 1.82) is 0 Å². The first kappa shape index (κ1) is 14.7. The number of rotatable bonds is 8. The van der Waals surface area contributed by atoms with Crippen LogP contribution in [-0.4, -0.2) is 26.8 Å². The first-order valence-electron chi connectivity index (χ1n) is 6.16. The second-order valence-corrected chi connectivity index (χ2v) is 5.39. The third kappa shape index (κ3) is 6.81. The molecule has 0 saturated heterocycles. The highest BCUT2D eigenvalue weighted by atomic mass is 79.9. The average molecular weight is 300 g/mol. The van der Waals surface area contributed by atoms with Gasteiger partial charge in [0, 0.05) is 18.1 Å². The Balaban J connectivity index is 2.17. The fourth-order valence-corrected chi connectivity index (χ4v) is 2.18. The van der Waals surface area contributed by atoms with Crippen LogP contribution in [0, 0.1) is 5.92 Å². The van der Waals surface area contributed by atoms with Crippen LogP contribution in [0.25, 0.3) is 0 Å². The highest BCUT2D eigenvalue weighted by Crippen LogP contribution is 2.14. The fraction of sp³-hybridized carbons (Fsp3) is 0.571. The Labute approximate surface area is 113 Å². The van der Waals surface area contributed by atoms with Crippen molar-refractivity contribution in [3.63, 3.8) is 0 Å². The van der Waals surface area contributed by atoms with Crippen molar-refractivity contribution in [3.8, 4) is 0 Å². The zero-order valence-corrected chi connectivity index (χ0v) is 12.3. The van der Waals surface area contributed by atoms with E-state index in [1.54, 1.807) is 7.11 Å². The van der Waals surface area contributed by atoms with Crippen LogP contribution in [0.1, 0.15) is 18.9 Å². The highest BCUT2D eigenvalue weighted by Gasteiger charge is 2.02. The van der Waals surface area contributed by atoms with E-state index in [1.807, 2.05) is 0 Å². The van der Waals surface area contributed by atoms with Crippen LogP contribution < -0.4 is 5.32 Å². The van der Waals surface area contributed by atoms with E-state index in [1.165, 1.54) is 16.5 Å². The molecule has 3 heteroatoms. The zero-order valence-electron chi connectivity index (χ0n) is 10.7. The summed E-state index contributed by atoms with van der Waals surface area (Å²) in [5.74, 6) is 0.700. The average Bonchev–Trinajstić information content (AvgIpc) is 2.32. The van der Waals surface area contributed by atoms with Gasteiger partial charge in [-0.3, -0.25) is 0 Å². The maximum Gasteiger partial charge on any atom is 0.0587 e. The van der Waals surface area contributed by atoms with Crippen molar-refractivity contribution in [2.45, 2.75) is 19.8 Å². The molecule has 0 saturated carbocycles. The molecule has 0 aliphatic heterocycles. The molecule has 1 N–H and O–H groups in total. The van der Waals surface area contributed by atoms with E-state index >= 15 is 0 Å². The molecule has 0 aliphatic carbocycles. The van der Waals surface area contributed by atoms with Gasteiger partial charge in [0.2, 0.25) is 0 Å². The van der Waals surface area contributed by atoms with Crippen LogP contribution in [0.15, 0.2) is 28.7 Å². The minimum atomic E-state index is 0.700. The molecular weight excluding hydrogens is 278 g/mol. The Bertz CT molecular complexity index is 317. The maximum atomic E-state index is 5.00. The van der Waals surface area contributed by atoms with Crippen LogP contribution in [0.5, 0.6) is 0 Å². The van der Waals surface area contributed by atoms with Gasteiger partial charge < -0.3 is 10.1 Å². The van der Waals surface area contributed by atoms with E-state index in [4.69, 9.17) is 4.74 Å². The number of hydrogen-bond acceptors (Lipinski definition) is 2. The van der Waals surface area contributed by atoms with Crippen LogP contribution in [-0.2, 0) is 11.2 Å². The first-order chi connectivity index (χ1) is 8.22. The molecule has 0 bridgehead atoms. The predicted molar refractivity (Wildman–Crippen MR) is 76.4 cm³/mol. The first-order valence-corrected chi connectivity index (χ1v) is 6.95. The lowest BCUT2D eigenvalue weighted by Gasteiger charge is -2.12. The van der Waals surface area contributed by atoms with E-state index in [2.05, 4.69) is 52.4 Å². The van der Waals surface area contributed by atoms with Gasteiger partial charge in [0.05, 0.1) is 6.61 Å². The predicted octanol–water partition coefficient (Wildman–Crippen LogP) is 3.25. The molecule has 0 aliphatic rings. The maximum absolute atomic E-state index is 5.00. The summed E-state index contributed by atoms with van der Waals surface area (Å²) in [4.78, 5) is 0. The second-order valence-electron chi connectivity index (χ2n) is 4.47. The van der Waals surface area contributed by atoms with E-state index in [0.717, 1.165) is 26.1 Å². The van der Waals surface area contributed by atoms with E-state index in [9.17, 15) is 0 Å². The number of halogens is 1. The number of aryl methyl sites for hydroxylation is 1. The van der Waals surface area contributed by atoms with Gasteiger partial charge in [0.1, 0.15) is 0 Å². The molecule has 0 spiro atoms. The molecule has 1 unspecified atom stereocenters. The summed E-state index contributed by atoms with van der Waals surface area (Å²) in [5.41, 5.74) is 1.41. The molecule has 0 fully saturated rings. The van der Waals surface area contributed by atoms with Gasteiger partial charge in [0.25, 0.3) is 0 Å². The molecule has 0 heterocycles. The summed E-state index contributed by atoms with van der Waals surface area (Å²) >= 11 is 3.50. The van der Waals surface area contributed by atoms with Gasteiger partial charge >= 0.3 is 0 Å². The molecular formula is C14H22BrNO. The monoisotopic (exact) mass is 299 g/mol. The summed E-state index contributed by atoms with van der Waals surface area (Å²) in [6.45, 7) is 5.09. The number of hydrogen-bond donors (Lipinski definition) is 1. The zero-order chi connectivity index (χ0) is 12.5. The smallest absolute Gasteiger partial charge is 0.0587 e. The van der Waals surface area contributed by atoms with Crippen molar-refractivity contribution in [3.05, 3.63) is 34.3 Å². The SMILES string of the molecule is COCCNCC(C)CCc1cccc(Br)c1.